The van der Waals surface area contributed by atoms with Crippen molar-refractivity contribution in [2.24, 2.45) is 0 Å². The molecule has 4 N–H and O–H groups in total. The molecule has 0 saturated carbocycles. The molecule has 10 heteroatoms. The molecule has 2 rings (SSSR count). The van der Waals surface area contributed by atoms with Crippen molar-refractivity contribution in [2.45, 2.75) is 33.1 Å². The third-order valence-corrected chi connectivity index (χ3v) is 4.29. The Balaban J connectivity index is 0.000000371. The number of carbonyl (C=O) groups excluding carboxylic acids is 2. The van der Waals surface area contributed by atoms with Crippen molar-refractivity contribution in [1.82, 2.24) is 11.0 Å². The zero-order chi connectivity index (χ0) is 27.1. The van der Waals surface area contributed by atoms with Crippen LogP contribution >= 0.6 is 0 Å². The lowest BCUT2D eigenvalue weighted by Crippen LogP contribution is -2.20. The number of ether oxygens (including phenoxy) is 4. The summed E-state index contributed by atoms with van der Waals surface area (Å²) in [6.07, 6.45) is 0.866. The van der Waals surface area contributed by atoms with Gasteiger partial charge in [0, 0.05) is 6.42 Å². The molecule has 10 nitrogen and oxygen atoms in total. The average molecular weight is 513 g/mol. The van der Waals surface area contributed by atoms with Gasteiger partial charge in [-0.25, -0.2) is 11.0 Å². The van der Waals surface area contributed by atoms with Crippen LogP contribution in [0.15, 0.2) is 48.5 Å². The molecular formula is C27H32N2O8. The smallest absolute Gasteiger partial charge is 0.246 e. The molecule has 198 valence electrons. The summed E-state index contributed by atoms with van der Waals surface area (Å²) in [5, 5.41) is 16.6. The van der Waals surface area contributed by atoms with Gasteiger partial charge in [0.2, 0.25) is 11.8 Å². The van der Waals surface area contributed by atoms with E-state index in [2.05, 4.69) is 23.7 Å². The van der Waals surface area contributed by atoms with Crippen molar-refractivity contribution >= 4 is 11.8 Å². The molecule has 2 amide bonds. The van der Waals surface area contributed by atoms with E-state index in [1.807, 2.05) is 0 Å². The fraction of sp³-hybridized carbons (Fsp3) is 0.333. The van der Waals surface area contributed by atoms with Gasteiger partial charge in [0.1, 0.15) is 36.2 Å². The van der Waals surface area contributed by atoms with Crippen LogP contribution in [0.2, 0.25) is 0 Å². The Morgan fingerprint density at radius 2 is 1.03 bits per heavy atom. The normalized spacial score (nSPS) is 9.08. The molecule has 37 heavy (non-hydrogen) atoms. The Hall–Kier alpha value is -4.38. The van der Waals surface area contributed by atoms with E-state index < -0.39 is 11.8 Å². The second-order valence-electron chi connectivity index (χ2n) is 6.99. The summed E-state index contributed by atoms with van der Waals surface area (Å²) < 4.78 is 21.4. The predicted molar refractivity (Wildman–Crippen MR) is 135 cm³/mol. The maximum absolute atomic E-state index is 10.7. The minimum Gasteiger partial charge on any atom is -0.494 e. The largest absolute Gasteiger partial charge is 0.494 e. The Bertz CT molecular complexity index is 1050. The summed E-state index contributed by atoms with van der Waals surface area (Å²) in [7, 11) is 0. The van der Waals surface area contributed by atoms with Crippen molar-refractivity contribution in [1.29, 1.82) is 0 Å². The molecule has 0 fully saturated rings. The molecule has 0 aliphatic heterocycles. The third-order valence-electron chi connectivity index (χ3n) is 4.29. The number of rotatable bonds is 13. The molecule has 0 saturated heterocycles. The van der Waals surface area contributed by atoms with Gasteiger partial charge in [-0.2, -0.15) is 0 Å². The summed E-state index contributed by atoms with van der Waals surface area (Å²) in [6.45, 7) is 4.85. The Morgan fingerprint density at radius 1 is 0.649 bits per heavy atom. The Morgan fingerprint density at radius 3 is 1.43 bits per heavy atom. The monoisotopic (exact) mass is 512 g/mol. The van der Waals surface area contributed by atoms with Crippen LogP contribution in [0.4, 0.5) is 0 Å². The van der Waals surface area contributed by atoms with Crippen molar-refractivity contribution in [3.63, 3.8) is 0 Å². The first-order valence-corrected chi connectivity index (χ1v) is 11.4. The summed E-state index contributed by atoms with van der Waals surface area (Å²) >= 11 is 0. The van der Waals surface area contributed by atoms with Crippen LogP contribution in [-0.4, -0.2) is 48.7 Å². The Labute approximate surface area is 216 Å². The number of benzene rings is 2. The zero-order valence-electron chi connectivity index (χ0n) is 20.9. The van der Waals surface area contributed by atoms with Gasteiger partial charge in [0.15, 0.2) is 0 Å². The molecule has 0 unspecified atom stereocenters. The molecule has 2 aromatic rings. The fourth-order valence-electron chi connectivity index (χ4n) is 2.44. The highest BCUT2D eigenvalue weighted by Gasteiger charge is 2.01. The topological polar surface area (TPSA) is 136 Å². The quantitative estimate of drug-likeness (QED) is 0.139. The minimum atomic E-state index is -0.479. The van der Waals surface area contributed by atoms with Gasteiger partial charge >= 0.3 is 0 Å². The van der Waals surface area contributed by atoms with E-state index in [-0.39, 0.29) is 19.4 Å². The molecule has 0 aliphatic rings. The van der Waals surface area contributed by atoms with E-state index in [0.717, 1.165) is 5.75 Å². The SMILES string of the molecule is CC#CCOc1ccc(OCCC(=O)NO)cc1.CC#CCOc1ccc(OCCCC(=O)NO)cc1. The number of carbonyl (C=O) groups is 2. The standard InChI is InChI=1S/C14H17NO4.C13H15NO4/c1-2-3-10-18-12-6-8-13(9-7-12)19-11-4-5-14(16)15-17;1-2-3-9-17-11-4-6-12(7-5-11)18-10-8-13(15)14-16/h6-9,17H,4-5,10-11H2,1H3,(H,15,16);4-7,16H,8-10H2,1H3,(H,14,15). The van der Waals surface area contributed by atoms with Crippen molar-refractivity contribution in [3.05, 3.63) is 48.5 Å². The molecule has 0 spiro atoms. The van der Waals surface area contributed by atoms with Crippen LogP contribution in [0.1, 0.15) is 33.1 Å². The highest BCUT2D eigenvalue weighted by molar-refractivity contribution is 5.74. The molecule has 0 bridgehead atoms. The second-order valence-corrected chi connectivity index (χ2v) is 6.99. The van der Waals surface area contributed by atoms with E-state index in [1.165, 1.54) is 5.48 Å². The lowest BCUT2D eigenvalue weighted by molar-refractivity contribution is -0.130. The molecule has 0 aromatic heterocycles. The molecule has 0 heterocycles. The number of hydroxylamine groups is 2. The van der Waals surface area contributed by atoms with E-state index in [4.69, 9.17) is 29.4 Å². The first-order chi connectivity index (χ1) is 18.0. The Kier molecular flexibility index (Phi) is 16.5. The summed E-state index contributed by atoms with van der Waals surface area (Å²) in [6, 6.07) is 14.2. The molecule has 0 radical (unpaired) electrons. The van der Waals surface area contributed by atoms with Crippen molar-refractivity contribution in [3.8, 4) is 46.7 Å². The summed E-state index contributed by atoms with van der Waals surface area (Å²) in [5.74, 6) is 13.0. The van der Waals surface area contributed by atoms with E-state index >= 15 is 0 Å². The van der Waals surface area contributed by atoms with Crippen LogP contribution in [0.5, 0.6) is 23.0 Å². The van der Waals surface area contributed by atoms with Gasteiger partial charge in [-0.15, -0.1) is 11.8 Å². The lowest BCUT2D eigenvalue weighted by atomic mass is 10.3. The van der Waals surface area contributed by atoms with Crippen LogP contribution < -0.4 is 29.9 Å². The average Bonchev–Trinajstić information content (AvgIpc) is 2.93. The zero-order valence-corrected chi connectivity index (χ0v) is 20.9. The van der Waals surface area contributed by atoms with Gasteiger partial charge in [0.05, 0.1) is 19.6 Å². The van der Waals surface area contributed by atoms with Gasteiger partial charge in [-0.1, -0.05) is 11.8 Å². The molecule has 0 atom stereocenters. The van der Waals surface area contributed by atoms with Crippen LogP contribution in [0.3, 0.4) is 0 Å². The van der Waals surface area contributed by atoms with E-state index in [9.17, 15) is 9.59 Å². The second kappa shape index (κ2) is 19.9. The van der Waals surface area contributed by atoms with Crippen molar-refractivity contribution < 1.29 is 39.0 Å². The van der Waals surface area contributed by atoms with Gasteiger partial charge in [-0.05, 0) is 68.8 Å². The predicted octanol–water partition coefficient (Wildman–Crippen LogP) is 3.12. The molecule has 0 aliphatic carbocycles. The minimum absolute atomic E-state index is 0.0981. The number of amides is 2. The fourth-order valence-corrected chi connectivity index (χ4v) is 2.44. The van der Waals surface area contributed by atoms with Crippen LogP contribution in [-0.2, 0) is 9.59 Å². The van der Waals surface area contributed by atoms with Crippen molar-refractivity contribution in [2.75, 3.05) is 26.4 Å². The maximum atomic E-state index is 10.7. The maximum Gasteiger partial charge on any atom is 0.246 e. The number of hydrogen-bond acceptors (Lipinski definition) is 8. The van der Waals surface area contributed by atoms with E-state index in [0.29, 0.717) is 43.5 Å². The number of hydrogen-bond donors (Lipinski definition) is 4. The molecule has 2 aromatic carbocycles. The van der Waals surface area contributed by atoms with Gasteiger partial charge in [0.25, 0.3) is 0 Å². The van der Waals surface area contributed by atoms with Gasteiger partial charge < -0.3 is 18.9 Å². The summed E-state index contributed by atoms with van der Waals surface area (Å²) in [5.41, 5.74) is 3.11. The van der Waals surface area contributed by atoms with Gasteiger partial charge in [-0.3, -0.25) is 20.0 Å². The highest BCUT2D eigenvalue weighted by Crippen LogP contribution is 2.18. The van der Waals surface area contributed by atoms with Crippen LogP contribution in [0.25, 0.3) is 0 Å². The third kappa shape index (κ3) is 15.3. The highest BCUT2D eigenvalue weighted by atomic mass is 16.5. The van der Waals surface area contributed by atoms with E-state index in [1.54, 1.807) is 67.9 Å². The first-order valence-electron chi connectivity index (χ1n) is 11.4. The number of nitrogens with one attached hydrogen (secondary N) is 2. The molecular weight excluding hydrogens is 480 g/mol. The summed E-state index contributed by atoms with van der Waals surface area (Å²) in [4.78, 5) is 21.5. The first kappa shape index (κ1) is 30.7. The lowest BCUT2D eigenvalue weighted by Gasteiger charge is -2.07. The van der Waals surface area contributed by atoms with Crippen LogP contribution in [0, 0.1) is 23.7 Å².